The number of hydrogen-bond donors (Lipinski definition) is 1. The Hall–Kier alpha value is -0.840. The smallest absolute Gasteiger partial charge is 0.272 e. The van der Waals surface area contributed by atoms with Crippen molar-refractivity contribution in [1.29, 1.82) is 0 Å². The molecule has 0 aromatic heterocycles. The molecule has 0 aliphatic rings. The first kappa shape index (κ1) is 10.2. The van der Waals surface area contributed by atoms with Crippen LogP contribution in [0.1, 0.15) is 5.56 Å². The minimum absolute atomic E-state index is 0.0988. The minimum Gasteiger partial charge on any atom is -0.392 e. The van der Waals surface area contributed by atoms with Crippen LogP contribution in [0.4, 0.5) is 5.69 Å². The molecule has 0 fully saturated rings. The zero-order valence-corrected chi connectivity index (χ0v) is 7.84. The number of non-ortho nitro benzene ring substituents is 1. The van der Waals surface area contributed by atoms with E-state index < -0.39 is 4.92 Å². The second-order valence-electron chi connectivity index (χ2n) is 2.30. The van der Waals surface area contributed by atoms with Gasteiger partial charge in [0, 0.05) is 17.7 Å². The maximum atomic E-state index is 10.3. The van der Waals surface area contributed by atoms with E-state index in [0.29, 0.717) is 5.56 Å². The van der Waals surface area contributed by atoms with E-state index in [-0.39, 0.29) is 22.3 Å². The predicted octanol–water partition coefficient (Wildman–Crippen LogP) is 2.39. The average Bonchev–Trinajstić information content (AvgIpc) is 2.03. The maximum absolute atomic E-state index is 10.3. The van der Waals surface area contributed by atoms with Gasteiger partial charge in [-0.15, -0.1) is 0 Å². The van der Waals surface area contributed by atoms with Gasteiger partial charge in [0.2, 0.25) is 0 Å². The summed E-state index contributed by atoms with van der Waals surface area (Å²) in [6.45, 7) is -0.338. The highest BCUT2D eigenvalue weighted by Gasteiger charge is 2.13. The number of rotatable bonds is 2. The van der Waals surface area contributed by atoms with Crippen molar-refractivity contribution in [2.24, 2.45) is 0 Å². The van der Waals surface area contributed by atoms with Gasteiger partial charge in [0.25, 0.3) is 5.69 Å². The normalized spacial score (nSPS) is 10.1. The van der Waals surface area contributed by atoms with Crippen LogP contribution in [0.3, 0.4) is 0 Å². The fourth-order valence-corrected chi connectivity index (χ4v) is 1.44. The van der Waals surface area contributed by atoms with E-state index in [1.165, 1.54) is 0 Å². The summed E-state index contributed by atoms with van der Waals surface area (Å²) >= 11 is 11.3. The molecule has 1 N–H and O–H groups in total. The molecule has 1 aromatic rings. The van der Waals surface area contributed by atoms with Crippen LogP contribution in [-0.4, -0.2) is 10.0 Å². The quantitative estimate of drug-likeness (QED) is 0.617. The van der Waals surface area contributed by atoms with Crippen LogP contribution in [0.15, 0.2) is 12.1 Å². The number of nitro benzene ring substituents is 1. The van der Waals surface area contributed by atoms with Gasteiger partial charge in [-0.25, -0.2) is 0 Å². The molecule has 0 heterocycles. The third-order valence-electron chi connectivity index (χ3n) is 1.49. The highest BCUT2D eigenvalue weighted by atomic mass is 35.5. The molecule has 0 bridgehead atoms. The van der Waals surface area contributed by atoms with E-state index in [9.17, 15) is 10.1 Å². The Kier molecular flexibility index (Phi) is 3.08. The topological polar surface area (TPSA) is 63.4 Å². The summed E-state index contributed by atoms with van der Waals surface area (Å²) in [7, 11) is 0. The van der Waals surface area contributed by atoms with E-state index in [1.807, 2.05) is 0 Å². The molecule has 6 heteroatoms. The zero-order valence-electron chi connectivity index (χ0n) is 6.33. The largest absolute Gasteiger partial charge is 0.392 e. The van der Waals surface area contributed by atoms with Gasteiger partial charge in [0.15, 0.2) is 0 Å². The number of nitro groups is 1. The summed E-state index contributed by atoms with van der Waals surface area (Å²) in [5.74, 6) is 0. The lowest BCUT2D eigenvalue weighted by molar-refractivity contribution is -0.384. The second kappa shape index (κ2) is 3.91. The highest BCUT2D eigenvalue weighted by molar-refractivity contribution is 6.36. The molecular weight excluding hydrogens is 217 g/mol. The zero-order chi connectivity index (χ0) is 10.0. The Balaban J connectivity index is 3.28. The van der Waals surface area contributed by atoms with E-state index in [0.717, 1.165) is 12.1 Å². The van der Waals surface area contributed by atoms with E-state index in [1.54, 1.807) is 0 Å². The number of hydrogen-bond acceptors (Lipinski definition) is 3. The first-order valence-electron chi connectivity index (χ1n) is 3.29. The van der Waals surface area contributed by atoms with Crippen LogP contribution in [0.2, 0.25) is 10.0 Å². The monoisotopic (exact) mass is 221 g/mol. The van der Waals surface area contributed by atoms with Crippen molar-refractivity contribution in [3.05, 3.63) is 37.9 Å². The van der Waals surface area contributed by atoms with Gasteiger partial charge in [-0.2, -0.15) is 0 Å². The SMILES string of the molecule is O=[N+]([O-])c1cc(Cl)c(CO)c(Cl)c1. The molecule has 0 aliphatic carbocycles. The lowest BCUT2D eigenvalue weighted by Gasteiger charge is -2.02. The van der Waals surface area contributed by atoms with Crippen LogP contribution >= 0.6 is 23.2 Å². The molecule has 1 aromatic carbocycles. The first-order chi connectivity index (χ1) is 6.06. The molecule has 0 saturated heterocycles. The Morgan fingerprint density at radius 2 is 1.85 bits per heavy atom. The van der Waals surface area contributed by atoms with Crippen molar-refractivity contribution >= 4 is 28.9 Å². The second-order valence-corrected chi connectivity index (χ2v) is 3.12. The molecule has 0 saturated carbocycles. The maximum Gasteiger partial charge on any atom is 0.272 e. The van der Waals surface area contributed by atoms with Gasteiger partial charge in [-0.3, -0.25) is 10.1 Å². The lowest BCUT2D eigenvalue weighted by atomic mass is 10.2. The average molecular weight is 222 g/mol. The Labute approximate surface area is 83.9 Å². The van der Waals surface area contributed by atoms with Crippen LogP contribution in [0.25, 0.3) is 0 Å². The Morgan fingerprint density at radius 1 is 1.38 bits per heavy atom. The molecule has 4 nitrogen and oxygen atoms in total. The predicted molar refractivity (Wildman–Crippen MR) is 49.0 cm³/mol. The van der Waals surface area contributed by atoms with Gasteiger partial charge < -0.3 is 5.11 Å². The molecule has 0 unspecified atom stereocenters. The van der Waals surface area contributed by atoms with Gasteiger partial charge in [0.1, 0.15) is 0 Å². The molecule has 0 amide bonds. The highest BCUT2D eigenvalue weighted by Crippen LogP contribution is 2.29. The molecule has 13 heavy (non-hydrogen) atoms. The summed E-state index contributed by atoms with van der Waals surface area (Å²) in [4.78, 5) is 9.73. The van der Waals surface area contributed by atoms with Crippen molar-refractivity contribution < 1.29 is 10.0 Å². The van der Waals surface area contributed by atoms with Gasteiger partial charge in [-0.1, -0.05) is 23.2 Å². The molecule has 0 spiro atoms. The summed E-state index contributed by atoms with van der Waals surface area (Å²) in [5.41, 5.74) is 0.112. The van der Waals surface area contributed by atoms with Gasteiger partial charge in [-0.05, 0) is 0 Å². The van der Waals surface area contributed by atoms with Crippen LogP contribution in [0, 0.1) is 10.1 Å². The summed E-state index contributed by atoms with van der Waals surface area (Å²) in [5, 5.41) is 19.3. The Morgan fingerprint density at radius 3 is 2.15 bits per heavy atom. The fourth-order valence-electron chi connectivity index (χ4n) is 0.846. The summed E-state index contributed by atoms with van der Waals surface area (Å²) < 4.78 is 0. The number of aliphatic hydroxyl groups excluding tert-OH is 1. The Bertz CT molecular complexity index is 331. The molecule has 0 atom stereocenters. The number of benzene rings is 1. The van der Waals surface area contributed by atoms with Gasteiger partial charge in [0.05, 0.1) is 21.6 Å². The van der Waals surface area contributed by atoms with Crippen LogP contribution in [0.5, 0.6) is 0 Å². The standard InChI is InChI=1S/C7H5Cl2NO3/c8-6-1-4(10(12)13)2-7(9)5(6)3-11/h1-2,11H,3H2. The number of aliphatic hydroxyl groups is 1. The molecule has 0 aliphatic heterocycles. The molecule has 0 radical (unpaired) electrons. The minimum atomic E-state index is -0.598. The van der Waals surface area contributed by atoms with Crippen LogP contribution in [-0.2, 0) is 6.61 Å². The van der Waals surface area contributed by atoms with Crippen molar-refractivity contribution in [3.8, 4) is 0 Å². The van der Waals surface area contributed by atoms with E-state index >= 15 is 0 Å². The molecule has 1 rings (SSSR count). The number of nitrogens with zero attached hydrogens (tertiary/aromatic N) is 1. The van der Waals surface area contributed by atoms with Crippen molar-refractivity contribution in [2.45, 2.75) is 6.61 Å². The van der Waals surface area contributed by atoms with Crippen molar-refractivity contribution in [1.82, 2.24) is 0 Å². The first-order valence-corrected chi connectivity index (χ1v) is 4.05. The van der Waals surface area contributed by atoms with Crippen LogP contribution < -0.4 is 0 Å². The fraction of sp³-hybridized carbons (Fsp3) is 0.143. The molecular formula is C7H5Cl2NO3. The summed E-state index contributed by atoms with van der Waals surface area (Å²) in [6.07, 6.45) is 0. The molecule has 70 valence electrons. The van der Waals surface area contributed by atoms with Crippen molar-refractivity contribution in [3.63, 3.8) is 0 Å². The van der Waals surface area contributed by atoms with E-state index in [4.69, 9.17) is 28.3 Å². The summed E-state index contributed by atoms with van der Waals surface area (Å²) in [6, 6.07) is 2.30. The van der Waals surface area contributed by atoms with E-state index in [2.05, 4.69) is 0 Å². The van der Waals surface area contributed by atoms with Crippen molar-refractivity contribution in [2.75, 3.05) is 0 Å². The third kappa shape index (κ3) is 2.09. The van der Waals surface area contributed by atoms with Gasteiger partial charge >= 0.3 is 0 Å². The third-order valence-corrected chi connectivity index (χ3v) is 2.17. The number of halogens is 2. The lowest BCUT2D eigenvalue weighted by Crippen LogP contribution is -1.92.